The Hall–Kier alpha value is -1.57. The third-order valence-corrected chi connectivity index (χ3v) is 2.49. The van der Waals surface area contributed by atoms with Crippen LogP contribution in [0.4, 0.5) is 24.8 Å². The van der Waals surface area contributed by atoms with Gasteiger partial charge < -0.3 is 16.2 Å². The number of rotatable bonds is 3. The number of hydrogen-bond acceptors (Lipinski definition) is 5. The molecule has 0 fully saturated rings. The molecule has 0 amide bonds. The van der Waals surface area contributed by atoms with Crippen molar-refractivity contribution in [3.8, 4) is 0 Å². The van der Waals surface area contributed by atoms with Gasteiger partial charge in [-0.25, -0.2) is 9.97 Å². The van der Waals surface area contributed by atoms with Crippen molar-refractivity contribution >= 4 is 11.6 Å². The van der Waals surface area contributed by atoms with Gasteiger partial charge in [-0.1, -0.05) is 0 Å². The minimum atomic E-state index is -4.67. The van der Waals surface area contributed by atoms with Gasteiger partial charge in [0, 0.05) is 6.07 Å². The smallest absolute Gasteiger partial charge is 0.391 e. The summed E-state index contributed by atoms with van der Waals surface area (Å²) in [7, 11) is 0. The average molecular weight is 264 g/mol. The number of halogens is 3. The van der Waals surface area contributed by atoms with Gasteiger partial charge in [0.1, 0.15) is 11.6 Å². The quantitative estimate of drug-likeness (QED) is 0.773. The molecule has 1 atom stereocenters. The first kappa shape index (κ1) is 14.5. The molecule has 0 bridgehead atoms. The number of alkyl halides is 3. The van der Waals surface area contributed by atoms with Crippen molar-refractivity contribution in [1.29, 1.82) is 0 Å². The van der Waals surface area contributed by atoms with Crippen LogP contribution in [0.3, 0.4) is 0 Å². The molecule has 0 radical (unpaired) electrons. The highest BCUT2D eigenvalue weighted by Crippen LogP contribution is 2.28. The van der Waals surface area contributed by atoms with Gasteiger partial charge >= 0.3 is 6.18 Å². The molecule has 1 heterocycles. The first-order valence-electron chi connectivity index (χ1n) is 5.20. The van der Waals surface area contributed by atoms with E-state index in [0.29, 0.717) is 0 Å². The van der Waals surface area contributed by atoms with Crippen LogP contribution in [0.1, 0.15) is 26.6 Å². The summed E-state index contributed by atoms with van der Waals surface area (Å²) >= 11 is 0. The Morgan fingerprint density at radius 1 is 1.33 bits per heavy atom. The molecular formula is C10H15F3N4O. The number of hydrogen-bond donors (Lipinski definition) is 3. The van der Waals surface area contributed by atoms with Crippen molar-refractivity contribution in [2.24, 2.45) is 0 Å². The maximum Gasteiger partial charge on any atom is 0.451 e. The Morgan fingerprint density at radius 2 is 1.89 bits per heavy atom. The van der Waals surface area contributed by atoms with E-state index in [9.17, 15) is 18.3 Å². The Balaban J connectivity index is 3.08. The van der Waals surface area contributed by atoms with Crippen molar-refractivity contribution in [3.63, 3.8) is 0 Å². The van der Waals surface area contributed by atoms with Gasteiger partial charge in [-0.3, -0.25) is 0 Å². The lowest BCUT2D eigenvalue weighted by Gasteiger charge is -2.30. The van der Waals surface area contributed by atoms with Crippen LogP contribution in [0, 0.1) is 0 Å². The zero-order chi connectivity index (χ0) is 14.1. The van der Waals surface area contributed by atoms with Crippen molar-refractivity contribution < 1.29 is 18.3 Å². The molecule has 0 aliphatic carbocycles. The summed E-state index contributed by atoms with van der Waals surface area (Å²) in [5.74, 6) is -1.69. The molecule has 1 rings (SSSR count). The van der Waals surface area contributed by atoms with Gasteiger partial charge in [-0.05, 0) is 20.8 Å². The maximum atomic E-state index is 12.5. The van der Waals surface area contributed by atoms with Crippen LogP contribution >= 0.6 is 0 Å². The van der Waals surface area contributed by atoms with E-state index in [2.05, 4.69) is 15.3 Å². The summed E-state index contributed by atoms with van der Waals surface area (Å²) in [5, 5.41) is 12.2. The number of aromatic nitrogens is 2. The Morgan fingerprint density at radius 3 is 2.33 bits per heavy atom. The van der Waals surface area contributed by atoms with Crippen molar-refractivity contribution in [3.05, 3.63) is 11.9 Å². The summed E-state index contributed by atoms with van der Waals surface area (Å²) in [6.07, 6.45) is -5.45. The summed E-state index contributed by atoms with van der Waals surface area (Å²) in [4.78, 5) is 6.45. The molecule has 0 saturated carbocycles. The van der Waals surface area contributed by atoms with Crippen LogP contribution in [0.15, 0.2) is 6.07 Å². The molecule has 4 N–H and O–H groups in total. The number of nitrogen functional groups attached to an aromatic ring is 1. The lowest BCUT2D eigenvalue weighted by molar-refractivity contribution is -0.144. The molecular weight excluding hydrogens is 249 g/mol. The van der Waals surface area contributed by atoms with Crippen molar-refractivity contribution in [1.82, 2.24) is 9.97 Å². The van der Waals surface area contributed by atoms with E-state index >= 15 is 0 Å². The normalized spacial score (nSPS) is 14.4. The summed E-state index contributed by atoms with van der Waals surface area (Å²) < 4.78 is 37.4. The van der Waals surface area contributed by atoms with E-state index in [4.69, 9.17) is 5.73 Å². The molecule has 1 unspecified atom stereocenters. The predicted octanol–water partition coefficient (Wildman–Crippen LogP) is 1.65. The van der Waals surface area contributed by atoms with Crippen LogP contribution in [-0.2, 0) is 6.18 Å². The Labute approximate surface area is 102 Å². The highest BCUT2D eigenvalue weighted by atomic mass is 19.4. The van der Waals surface area contributed by atoms with E-state index in [1.54, 1.807) is 13.8 Å². The van der Waals surface area contributed by atoms with Crippen LogP contribution in [-0.4, -0.2) is 26.7 Å². The van der Waals surface area contributed by atoms with Gasteiger partial charge in [-0.15, -0.1) is 0 Å². The molecule has 0 saturated heterocycles. The second kappa shape index (κ2) is 4.60. The second-order valence-electron chi connectivity index (χ2n) is 4.52. The summed E-state index contributed by atoms with van der Waals surface area (Å²) in [5.41, 5.74) is 4.45. The van der Waals surface area contributed by atoms with E-state index in [1.807, 2.05) is 0 Å². The number of nitrogens with zero attached hydrogens (tertiary/aromatic N) is 2. The minimum Gasteiger partial charge on any atom is -0.391 e. The molecule has 0 aliphatic rings. The van der Waals surface area contributed by atoms with Crippen LogP contribution < -0.4 is 11.1 Å². The van der Waals surface area contributed by atoms with E-state index < -0.39 is 23.6 Å². The summed E-state index contributed by atoms with van der Waals surface area (Å²) in [6.45, 7) is 4.77. The molecule has 0 aromatic carbocycles. The second-order valence-corrected chi connectivity index (χ2v) is 4.52. The molecule has 1 aromatic rings. The summed E-state index contributed by atoms with van der Waals surface area (Å²) in [6, 6.07) is 1.18. The Bertz CT molecular complexity index is 432. The molecule has 8 heteroatoms. The monoisotopic (exact) mass is 264 g/mol. The van der Waals surface area contributed by atoms with E-state index in [-0.39, 0.29) is 11.6 Å². The van der Waals surface area contributed by atoms with Gasteiger partial charge in [0.2, 0.25) is 5.82 Å². The standard InChI is InChI=1S/C10H15F3N4O/c1-5(18)9(2,3)17-7-4-6(14)15-8(16-7)10(11,12)13/h4-5,18H,1-3H3,(H3,14,15,16,17). The average Bonchev–Trinajstić information content (AvgIpc) is 2.13. The van der Waals surface area contributed by atoms with E-state index in [1.165, 1.54) is 13.0 Å². The van der Waals surface area contributed by atoms with Gasteiger partial charge in [0.25, 0.3) is 0 Å². The highest BCUT2D eigenvalue weighted by molar-refractivity contribution is 5.46. The third-order valence-electron chi connectivity index (χ3n) is 2.49. The third kappa shape index (κ3) is 3.46. The fourth-order valence-electron chi connectivity index (χ4n) is 1.09. The van der Waals surface area contributed by atoms with Gasteiger partial charge in [-0.2, -0.15) is 13.2 Å². The molecule has 0 spiro atoms. The largest absolute Gasteiger partial charge is 0.451 e. The number of anilines is 2. The predicted molar refractivity (Wildman–Crippen MR) is 60.8 cm³/mol. The van der Waals surface area contributed by atoms with Crippen molar-refractivity contribution in [2.75, 3.05) is 11.1 Å². The molecule has 0 aliphatic heterocycles. The zero-order valence-electron chi connectivity index (χ0n) is 10.2. The van der Waals surface area contributed by atoms with E-state index in [0.717, 1.165) is 0 Å². The fraction of sp³-hybridized carbons (Fsp3) is 0.600. The highest BCUT2D eigenvalue weighted by Gasteiger charge is 2.36. The SMILES string of the molecule is CC(O)C(C)(C)Nc1cc(N)nc(C(F)(F)F)n1. The van der Waals surface area contributed by atoms with Gasteiger partial charge in [0.15, 0.2) is 0 Å². The number of aliphatic hydroxyl groups excluding tert-OH is 1. The zero-order valence-corrected chi connectivity index (χ0v) is 10.2. The topological polar surface area (TPSA) is 84.1 Å². The minimum absolute atomic E-state index is 0.0827. The number of nitrogens with one attached hydrogen (secondary N) is 1. The first-order valence-corrected chi connectivity index (χ1v) is 5.20. The maximum absolute atomic E-state index is 12.5. The number of nitrogens with two attached hydrogens (primary N) is 1. The molecule has 18 heavy (non-hydrogen) atoms. The molecule has 1 aromatic heterocycles. The van der Waals surface area contributed by atoms with Gasteiger partial charge in [0.05, 0.1) is 11.6 Å². The molecule has 5 nitrogen and oxygen atoms in total. The fourth-order valence-corrected chi connectivity index (χ4v) is 1.09. The Kier molecular flexibility index (Phi) is 3.70. The lowest BCUT2D eigenvalue weighted by atomic mass is 9.99. The lowest BCUT2D eigenvalue weighted by Crippen LogP contribution is -2.42. The molecule has 102 valence electrons. The van der Waals surface area contributed by atoms with Crippen LogP contribution in [0.5, 0.6) is 0 Å². The van der Waals surface area contributed by atoms with Crippen LogP contribution in [0.25, 0.3) is 0 Å². The van der Waals surface area contributed by atoms with Crippen molar-refractivity contribution in [2.45, 2.75) is 38.6 Å². The first-order chi connectivity index (χ1) is 8.02. The number of aliphatic hydroxyl groups is 1. The van der Waals surface area contributed by atoms with Crippen LogP contribution in [0.2, 0.25) is 0 Å².